The molecule has 6 heteroatoms. The van der Waals surface area contributed by atoms with Crippen LogP contribution < -0.4 is 14.4 Å². The molecule has 0 spiro atoms. The molecule has 0 fully saturated rings. The van der Waals surface area contributed by atoms with Crippen molar-refractivity contribution < 1.29 is 19.1 Å². The number of carbonyl (C=O) groups is 2. The lowest BCUT2D eigenvalue weighted by Gasteiger charge is -2.15. The van der Waals surface area contributed by atoms with Gasteiger partial charge < -0.3 is 9.47 Å². The minimum absolute atomic E-state index is 0.0882. The molecule has 2 aromatic rings. The minimum Gasteiger partial charge on any atom is -0.494 e. The highest BCUT2D eigenvalue weighted by Gasteiger charge is 2.39. The SMILES string of the molecule is CCOc1ccc(N2C(=O)C(Cl)=C(c3ccc(OCC(C)C)cc3)C2=O)cc1. The smallest absolute Gasteiger partial charge is 0.277 e. The number of imide groups is 1. The summed E-state index contributed by atoms with van der Waals surface area (Å²) in [6.45, 7) is 7.16. The Balaban J connectivity index is 1.83. The van der Waals surface area contributed by atoms with Gasteiger partial charge >= 0.3 is 0 Å². The molecule has 0 aromatic heterocycles. The van der Waals surface area contributed by atoms with E-state index in [1.165, 1.54) is 0 Å². The highest BCUT2D eigenvalue weighted by molar-refractivity contribution is 6.60. The second-order valence-electron chi connectivity index (χ2n) is 6.79. The summed E-state index contributed by atoms with van der Waals surface area (Å²) >= 11 is 6.24. The molecule has 2 amide bonds. The number of benzene rings is 2. The van der Waals surface area contributed by atoms with Crippen molar-refractivity contribution >= 4 is 34.7 Å². The summed E-state index contributed by atoms with van der Waals surface area (Å²) in [5.41, 5.74) is 1.22. The normalized spacial score (nSPS) is 14.2. The van der Waals surface area contributed by atoms with Crippen molar-refractivity contribution in [1.29, 1.82) is 0 Å². The van der Waals surface area contributed by atoms with Gasteiger partial charge in [0.2, 0.25) is 0 Å². The van der Waals surface area contributed by atoms with E-state index in [9.17, 15) is 9.59 Å². The third-order valence-corrected chi connectivity index (χ3v) is 4.51. The van der Waals surface area contributed by atoms with Crippen molar-refractivity contribution in [1.82, 2.24) is 0 Å². The summed E-state index contributed by atoms with van der Waals surface area (Å²) in [6, 6.07) is 13.8. The largest absolute Gasteiger partial charge is 0.494 e. The van der Waals surface area contributed by atoms with E-state index in [0.29, 0.717) is 41.9 Å². The molecule has 0 bridgehead atoms. The first-order chi connectivity index (χ1) is 13.4. The maximum absolute atomic E-state index is 12.9. The molecule has 1 aliphatic rings. The summed E-state index contributed by atoms with van der Waals surface area (Å²) in [4.78, 5) is 26.6. The first kappa shape index (κ1) is 20.0. The maximum atomic E-state index is 12.9. The van der Waals surface area contributed by atoms with Crippen LogP contribution in [0.4, 0.5) is 5.69 Å². The van der Waals surface area contributed by atoms with Crippen molar-refractivity contribution in [2.75, 3.05) is 18.1 Å². The third-order valence-electron chi connectivity index (χ3n) is 4.16. The fourth-order valence-corrected chi connectivity index (χ4v) is 3.10. The van der Waals surface area contributed by atoms with Crippen LogP contribution in [0, 0.1) is 5.92 Å². The van der Waals surface area contributed by atoms with Crippen LogP contribution in [0.25, 0.3) is 5.57 Å². The molecule has 0 saturated heterocycles. The summed E-state index contributed by atoms with van der Waals surface area (Å²) in [7, 11) is 0. The average Bonchev–Trinajstić information content (AvgIpc) is 2.90. The Morgan fingerprint density at radius 3 is 2.04 bits per heavy atom. The molecule has 1 heterocycles. The first-order valence-electron chi connectivity index (χ1n) is 9.17. The standard InChI is InChI=1S/C22H22ClNO4/c1-4-27-17-11-7-16(8-12-17)24-21(25)19(20(23)22(24)26)15-5-9-18(10-6-15)28-13-14(2)3/h5-12,14H,4,13H2,1-3H3. The van der Waals surface area contributed by atoms with Crippen LogP contribution in [0.5, 0.6) is 11.5 Å². The minimum atomic E-state index is -0.536. The van der Waals surface area contributed by atoms with E-state index < -0.39 is 11.8 Å². The maximum Gasteiger partial charge on any atom is 0.277 e. The molecule has 3 rings (SSSR count). The molecule has 0 radical (unpaired) electrons. The number of carbonyl (C=O) groups excluding carboxylic acids is 2. The molecule has 0 aliphatic carbocycles. The molecule has 146 valence electrons. The molecule has 0 atom stereocenters. The Morgan fingerprint density at radius 1 is 0.893 bits per heavy atom. The Labute approximate surface area is 169 Å². The van der Waals surface area contributed by atoms with E-state index in [0.717, 1.165) is 4.90 Å². The first-order valence-corrected chi connectivity index (χ1v) is 9.54. The Hall–Kier alpha value is -2.79. The van der Waals surface area contributed by atoms with Gasteiger partial charge in [-0.15, -0.1) is 0 Å². The summed E-state index contributed by atoms with van der Waals surface area (Å²) < 4.78 is 11.1. The second-order valence-corrected chi connectivity index (χ2v) is 7.17. The topological polar surface area (TPSA) is 55.8 Å². The van der Waals surface area contributed by atoms with Gasteiger partial charge in [0.05, 0.1) is 24.5 Å². The van der Waals surface area contributed by atoms with Crippen LogP contribution >= 0.6 is 11.6 Å². The molecule has 1 aliphatic heterocycles. The van der Waals surface area contributed by atoms with Crippen molar-refractivity contribution in [3.8, 4) is 11.5 Å². The Morgan fingerprint density at radius 2 is 1.46 bits per heavy atom. The van der Waals surface area contributed by atoms with Gasteiger partial charge in [0.15, 0.2) is 0 Å². The van der Waals surface area contributed by atoms with Gasteiger partial charge in [-0.25, -0.2) is 4.90 Å². The number of hydrogen-bond donors (Lipinski definition) is 0. The van der Waals surface area contributed by atoms with Crippen LogP contribution in [0.3, 0.4) is 0 Å². The summed E-state index contributed by atoms with van der Waals surface area (Å²) in [5, 5.41) is -0.0882. The second kappa shape index (κ2) is 8.48. The monoisotopic (exact) mass is 399 g/mol. The van der Waals surface area contributed by atoms with Crippen LogP contribution in [0.2, 0.25) is 0 Å². The zero-order valence-electron chi connectivity index (χ0n) is 16.1. The quantitative estimate of drug-likeness (QED) is 0.636. The molecule has 28 heavy (non-hydrogen) atoms. The van der Waals surface area contributed by atoms with E-state index in [1.807, 2.05) is 6.92 Å². The lowest BCUT2D eigenvalue weighted by molar-refractivity contribution is -0.119. The van der Waals surface area contributed by atoms with Crippen LogP contribution in [-0.4, -0.2) is 25.0 Å². The molecule has 2 aromatic carbocycles. The third kappa shape index (κ3) is 4.04. The van der Waals surface area contributed by atoms with E-state index in [-0.39, 0.29) is 10.6 Å². The summed E-state index contributed by atoms with van der Waals surface area (Å²) in [5.74, 6) is 0.797. The Kier molecular flexibility index (Phi) is 6.05. The zero-order valence-corrected chi connectivity index (χ0v) is 16.8. The zero-order chi connectivity index (χ0) is 20.3. The number of nitrogens with zero attached hydrogens (tertiary/aromatic N) is 1. The molecule has 0 saturated carbocycles. The number of ether oxygens (including phenoxy) is 2. The lowest BCUT2D eigenvalue weighted by atomic mass is 10.1. The van der Waals surface area contributed by atoms with Gasteiger partial charge in [0.1, 0.15) is 16.5 Å². The number of amides is 2. The van der Waals surface area contributed by atoms with Crippen molar-refractivity contribution in [2.24, 2.45) is 5.92 Å². The van der Waals surface area contributed by atoms with E-state index in [4.69, 9.17) is 21.1 Å². The van der Waals surface area contributed by atoms with Crippen LogP contribution in [0.15, 0.2) is 53.6 Å². The number of rotatable bonds is 7. The molecular formula is C22H22ClNO4. The van der Waals surface area contributed by atoms with Crippen LogP contribution in [-0.2, 0) is 9.59 Å². The van der Waals surface area contributed by atoms with E-state index in [2.05, 4.69) is 13.8 Å². The van der Waals surface area contributed by atoms with Gasteiger partial charge in [-0.05, 0) is 54.8 Å². The predicted molar refractivity (Wildman–Crippen MR) is 110 cm³/mol. The Bertz CT molecular complexity index is 901. The van der Waals surface area contributed by atoms with Crippen molar-refractivity contribution in [3.63, 3.8) is 0 Å². The van der Waals surface area contributed by atoms with Gasteiger partial charge in [0, 0.05) is 0 Å². The summed E-state index contributed by atoms with van der Waals surface area (Å²) in [6.07, 6.45) is 0. The van der Waals surface area contributed by atoms with Crippen molar-refractivity contribution in [2.45, 2.75) is 20.8 Å². The number of hydrogen-bond acceptors (Lipinski definition) is 4. The van der Waals surface area contributed by atoms with Crippen molar-refractivity contribution in [3.05, 3.63) is 59.1 Å². The fourth-order valence-electron chi connectivity index (χ4n) is 2.83. The predicted octanol–water partition coefficient (Wildman–Crippen LogP) is 4.64. The highest BCUT2D eigenvalue weighted by atomic mass is 35.5. The molecule has 5 nitrogen and oxygen atoms in total. The van der Waals surface area contributed by atoms with Gasteiger partial charge in [-0.2, -0.15) is 0 Å². The average molecular weight is 400 g/mol. The van der Waals surface area contributed by atoms with Crippen LogP contribution in [0.1, 0.15) is 26.3 Å². The van der Waals surface area contributed by atoms with Gasteiger partial charge in [0.25, 0.3) is 11.8 Å². The number of halogens is 1. The van der Waals surface area contributed by atoms with E-state index in [1.54, 1.807) is 48.5 Å². The molecule has 0 N–H and O–H groups in total. The lowest BCUT2D eigenvalue weighted by Crippen LogP contribution is -2.31. The molecule has 0 unspecified atom stereocenters. The highest BCUT2D eigenvalue weighted by Crippen LogP contribution is 2.35. The molecular weight excluding hydrogens is 378 g/mol. The van der Waals surface area contributed by atoms with E-state index >= 15 is 0 Å². The fraction of sp³-hybridized carbons (Fsp3) is 0.273. The van der Waals surface area contributed by atoms with Gasteiger partial charge in [-0.1, -0.05) is 37.6 Å². The number of anilines is 1. The van der Waals surface area contributed by atoms with Gasteiger partial charge in [-0.3, -0.25) is 9.59 Å².